The molecule has 0 bridgehead atoms. The van der Waals surface area contributed by atoms with Gasteiger partial charge in [0, 0.05) is 11.9 Å². The van der Waals surface area contributed by atoms with Crippen molar-refractivity contribution in [3.63, 3.8) is 0 Å². The average molecular weight is 305 g/mol. The second-order valence-electron chi connectivity index (χ2n) is 4.95. The minimum absolute atomic E-state index is 0.354. The molecule has 0 amide bonds. The van der Waals surface area contributed by atoms with Crippen LogP contribution >= 0.6 is 27.3 Å². The molecule has 1 rings (SSSR count). The van der Waals surface area contributed by atoms with Gasteiger partial charge in [-0.05, 0) is 27.8 Å². The number of hydrogen-bond acceptors (Lipinski definition) is 3. The number of anilines is 1. The average Bonchev–Trinajstić information content (AvgIpc) is 2.62. The van der Waals surface area contributed by atoms with Crippen LogP contribution in [0.5, 0.6) is 0 Å². The minimum atomic E-state index is 0.354. The minimum Gasteiger partial charge on any atom is -0.361 e. The van der Waals surface area contributed by atoms with Gasteiger partial charge in [-0.3, -0.25) is 0 Å². The Hall–Kier alpha value is -0.0900. The molecule has 0 unspecified atom stereocenters. The van der Waals surface area contributed by atoms with Crippen LogP contribution in [0.25, 0.3) is 0 Å². The predicted molar refractivity (Wildman–Crippen MR) is 76.2 cm³/mol. The summed E-state index contributed by atoms with van der Waals surface area (Å²) in [4.78, 5) is 4.33. The van der Waals surface area contributed by atoms with Gasteiger partial charge in [0.05, 0.1) is 0 Å². The Morgan fingerprint density at radius 3 is 2.75 bits per heavy atom. The van der Waals surface area contributed by atoms with Gasteiger partial charge in [-0.15, -0.1) is 11.3 Å². The zero-order chi connectivity index (χ0) is 12.0. The van der Waals surface area contributed by atoms with Crippen molar-refractivity contribution in [1.82, 2.24) is 4.98 Å². The number of rotatable bonds is 7. The molecule has 0 aliphatic heterocycles. The van der Waals surface area contributed by atoms with E-state index in [4.69, 9.17) is 0 Å². The fourth-order valence-corrected chi connectivity index (χ4v) is 2.74. The highest BCUT2D eigenvalue weighted by atomic mass is 79.9. The normalized spacial score (nSPS) is 11.8. The number of aromatic nitrogens is 1. The lowest BCUT2D eigenvalue weighted by atomic mass is 9.87. The molecule has 0 aliphatic rings. The van der Waals surface area contributed by atoms with Crippen LogP contribution in [0.1, 0.15) is 46.5 Å². The summed E-state index contributed by atoms with van der Waals surface area (Å²) >= 11 is 5.01. The largest absolute Gasteiger partial charge is 0.361 e. The van der Waals surface area contributed by atoms with Crippen molar-refractivity contribution in [3.05, 3.63) is 9.98 Å². The lowest BCUT2D eigenvalue weighted by Crippen LogP contribution is -2.22. The third-order valence-corrected chi connectivity index (χ3v) is 4.16. The Morgan fingerprint density at radius 2 is 2.19 bits per heavy atom. The van der Waals surface area contributed by atoms with Gasteiger partial charge in [0.2, 0.25) is 0 Å². The summed E-state index contributed by atoms with van der Waals surface area (Å²) in [6, 6.07) is 0. The van der Waals surface area contributed by atoms with Crippen molar-refractivity contribution in [1.29, 1.82) is 0 Å². The van der Waals surface area contributed by atoms with Gasteiger partial charge in [0.15, 0.2) is 5.13 Å². The Labute approximate surface area is 111 Å². The fourth-order valence-electron chi connectivity index (χ4n) is 1.59. The Balaban J connectivity index is 2.29. The highest BCUT2D eigenvalue weighted by Crippen LogP contribution is 2.26. The van der Waals surface area contributed by atoms with Crippen LogP contribution in [0.2, 0.25) is 0 Å². The molecule has 0 saturated carbocycles. The zero-order valence-corrected chi connectivity index (χ0v) is 12.7. The molecule has 0 radical (unpaired) electrons. The summed E-state index contributed by atoms with van der Waals surface area (Å²) in [5, 5.41) is 6.43. The summed E-state index contributed by atoms with van der Waals surface area (Å²) in [6.45, 7) is 7.88. The molecule has 1 aromatic rings. The van der Waals surface area contributed by atoms with Crippen LogP contribution in [0.4, 0.5) is 5.13 Å². The van der Waals surface area contributed by atoms with Gasteiger partial charge in [-0.25, -0.2) is 4.98 Å². The van der Waals surface area contributed by atoms with Crippen LogP contribution in [0.15, 0.2) is 9.98 Å². The van der Waals surface area contributed by atoms with E-state index in [9.17, 15) is 0 Å². The second kappa shape index (κ2) is 6.60. The summed E-state index contributed by atoms with van der Waals surface area (Å²) in [5.74, 6) is 0. The number of hydrogen-bond donors (Lipinski definition) is 1. The molecule has 0 aliphatic carbocycles. The first-order valence-electron chi connectivity index (χ1n) is 5.88. The van der Waals surface area contributed by atoms with E-state index in [-0.39, 0.29) is 0 Å². The number of thiazole rings is 1. The second-order valence-corrected chi connectivity index (χ2v) is 6.62. The lowest BCUT2D eigenvalue weighted by Gasteiger charge is -2.24. The number of nitrogens with zero attached hydrogens (tertiary/aromatic N) is 1. The molecular formula is C12H21BrN2S. The first-order valence-corrected chi connectivity index (χ1v) is 7.56. The van der Waals surface area contributed by atoms with Crippen molar-refractivity contribution in [2.45, 2.75) is 46.5 Å². The van der Waals surface area contributed by atoms with E-state index in [1.54, 1.807) is 11.3 Å². The van der Waals surface area contributed by atoms with E-state index >= 15 is 0 Å². The number of unbranched alkanes of at least 4 members (excludes halogenated alkanes) is 2. The number of nitrogens with one attached hydrogen (secondary N) is 1. The first-order chi connectivity index (χ1) is 7.53. The van der Waals surface area contributed by atoms with Gasteiger partial charge in [-0.2, -0.15) is 0 Å². The van der Waals surface area contributed by atoms with Crippen LogP contribution in [0, 0.1) is 5.41 Å². The molecule has 1 aromatic heterocycles. The number of halogens is 1. The van der Waals surface area contributed by atoms with Gasteiger partial charge < -0.3 is 5.32 Å². The summed E-state index contributed by atoms with van der Waals surface area (Å²) in [5.41, 5.74) is 0.354. The smallest absolute Gasteiger partial charge is 0.183 e. The quantitative estimate of drug-likeness (QED) is 0.723. The van der Waals surface area contributed by atoms with E-state index in [0.717, 1.165) is 16.3 Å². The molecule has 4 heteroatoms. The first kappa shape index (κ1) is 14.0. The molecule has 2 nitrogen and oxygen atoms in total. The van der Waals surface area contributed by atoms with Gasteiger partial charge in [0.1, 0.15) is 4.60 Å². The third kappa shape index (κ3) is 5.30. The van der Waals surface area contributed by atoms with Crippen LogP contribution in [-0.2, 0) is 0 Å². The monoisotopic (exact) mass is 304 g/mol. The molecule has 0 aromatic carbocycles. The molecule has 0 atom stereocenters. The highest BCUT2D eigenvalue weighted by Gasteiger charge is 2.17. The SMILES string of the molecule is CCCCCC(C)(C)CNc1nc(Br)cs1. The van der Waals surface area contributed by atoms with Gasteiger partial charge in [0.25, 0.3) is 0 Å². The molecule has 0 saturated heterocycles. The van der Waals surface area contributed by atoms with Crippen molar-refractivity contribution in [2.24, 2.45) is 5.41 Å². The Kier molecular flexibility index (Phi) is 5.76. The zero-order valence-electron chi connectivity index (χ0n) is 10.3. The molecule has 16 heavy (non-hydrogen) atoms. The maximum atomic E-state index is 4.33. The molecule has 0 spiro atoms. The summed E-state index contributed by atoms with van der Waals surface area (Å²) in [7, 11) is 0. The molecular weight excluding hydrogens is 284 g/mol. The fraction of sp³-hybridized carbons (Fsp3) is 0.750. The predicted octanol–water partition coefficient (Wildman–Crippen LogP) is 4.92. The summed E-state index contributed by atoms with van der Waals surface area (Å²) in [6.07, 6.45) is 5.24. The van der Waals surface area contributed by atoms with Crippen molar-refractivity contribution in [2.75, 3.05) is 11.9 Å². The van der Waals surface area contributed by atoms with E-state index < -0.39 is 0 Å². The maximum Gasteiger partial charge on any atom is 0.183 e. The molecule has 1 N–H and O–H groups in total. The van der Waals surface area contributed by atoms with Crippen LogP contribution in [-0.4, -0.2) is 11.5 Å². The van der Waals surface area contributed by atoms with Crippen LogP contribution < -0.4 is 5.32 Å². The van der Waals surface area contributed by atoms with Crippen molar-refractivity contribution < 1.29 is 0 Å². The van der Waals surface area contributed by atoms with Gasteiger partial charge >= 0.3 is 0 Å². The highest BCUT2D eigenvalue weighted by molar-refractivity contribution is 9.10. The van der Waals surface area contributed by atoms with E-state index in [2.05, 4.69) is 47.0 Å². The van der Waals surface area contributed by atoms with E-state index in [1.165, 1.54) is 25.7 Å². The standard InChI is InChI=1S/C12H21BrN2S/c1-4-5-6-7-12(2,3)9-14-11-15-10(13)8-16-11/h8H,4-7,9H2,1-3H3,(H,14,15). The molecule has 1 heterocycles. The molecule has 0 fully saturated rings. The summed E-state index contributed by atoms with van der Waals surface area (Å²) < 4.78 is 0.920. The van der Waals surface area contributed by atoms with Crippen molar-refractivity contribution >= 4 is 32.4 Å². The maximum absolute atomic E-state index is 4.33. The van der Waals surface area contributed by atoms with Crippen molar-refractivity contribution in [3.8, 4) is 0 Å². The third-order valence-electron chi connectivity index (χ3n) is 2.65. The Bertz CT molecular complexity index is 310. The lowest BCUT2D eigenvalue weighted by molar-refractivity contribution is 0.342. The Morgan fingerprint density at radius 1 is 1.44 bits per heavy atom. The topological polar surface area (TPSA) is 24.9 Å². The van der Waals surface area contributed by atoms with E-state index in [0.29, 0.717) is 5.41 Å². The molecule has 92 valence electrons. The van der Waals surface area contributed by atoms with Crippen LogP contribution in [0.3, 0.4) is 0 Å². The van der Waals surface area contributed by atoms with Gasteiger partial charge in [-0.1, -0.05) is 40.0 Å². The van der Waals surface area contributed by atoms with E-state index in [1.807, 2.05) is 5.38 Å².